The molecule has 176 valence electrons. The van der Waals surface area contributed by atoms with Crippen molar-refractivity contribution in [3.8, 4) is 40.0 Å². The fourth-order valence-electron chi connectivity index (χ4n) is 3.37. The fraction of sp³-hybridized carbons (Fsp3) is 0. The average molecular weight is 513 g/mol. The molecule has 0 bridgehead atoms. The Morgan fingerprint density at radius 2 is 1.72 bits per heavy atom. The Morgan fingerprint density at radius 3 is 2.44 bits per heavy atom. The van der Waals surface area contributed by atoms with Crippen LogP contribution in [0.25, 0.3) is 22.4 Å². The van der Waals surface area contributed by atoms with Crippen molar-refractivity contribution >= 4 is 26.5 Å². The van der Waals surface area contributed by atoms with Crippen LogP contribution >= 0.6 is 11.3 Å². The zero-order chi connectivity index (χ0) is 25.0. The smallest absolute Gasteiger partial charge is 0.263 e. The number of rotatable bonds is 7. The summed E-state index contributed by atoms with van der Waals surface area (Å²) in [6.07, 6.45) is 7.77. The summed E-state index contributed by atoms with van der Waals surface area (Å²) in [4.78, 5) is 16.6. The van der Waals surface area contributed by atoms with E-state index in [9.17, 15) is 13.7 Å². The molecule has 0 unspecified atom stereocenters. The first-order valence-corrected chi connectivity index (χ1v) is 12.8. The number of ether oxygens (including phenoxy) is 1. The molecule has 0 atom stereocenters. The molecule has 0 aliphatic rings. The van der Waals surface area contributed by atoms with Crippen LogP contribution in [0, 0.1) is 11.3 Å². The van der Waals surface area contributed by atoms with Gasteiger partial charge in [0.1, 0.15) is 18.1 Å². The SMILES string of the molecule is N#Cc1cc(S(=O)(=O)Nc2nccs2)ccc1Oc1cnc(-c2ccccc2)cc1-c1cncnc1. The molecule has 0 amide bonds. The lowest BCUT2D eigenvalue weighted by Crippen LogP contribution is -2.13. The van der Waals surface area contributed by atoms with Crippen molar-refractivity contribution in [1.82, 2.24) is 19.9 Å². The van der Waals surface area contributed by atoms with Gasteiger partial charge in [0.05, 0.1) is 22.3 Å². The van der Waals surface area contributed by atoms with Crippen LogP contribution in [0.3, 0.4) is 0 Å². The predicted molar refractivity (Wildman–Crippen MR) is 135 cm³/mol. The summed E-state index contributed by atoms with van der Waals surface area (Å²) in [7, 11) is -3.93. The van der Waals surface area contributed by atoms with E-state index in [1.165, 1.54) is 30.7 Å². The maximum Gasteiger partial charge on any atom is 0.263 e. The first kappa shape index (κ1) is 23.1. The van der Waals surface area contributed by atoms with Gasteiger partial charge in [-0.2, -0.15) is 5.26 Å². The van der Waals surface area contributed by atoms with Gasteiger partial charge in [0.15, 0.2) is 10.9 Å². The van der Waals surface area contributed by atoms with Gasteiger partial charge in [0, 0.05) is 40.7 Å². The molecule has 0 saturated heterocycles. The fourth-order valence-corrected chi connectivity index (χ4v) is 5.19. The monoisotopic (exact) mass is 512 g/mol. The highest BCUT2D eigenvalue weighted by Gasteiger charge is 2.19. The first-order chi connectivity index (χ1) is 17.5. The number of anilines is 1. The van der Waals surface area contributed by atoms with E-state index < -0.39 is 10.0 Å². The molecule has 3 aromatic heterocycles. The second-order valence-corrected chi connectivity index (χ2v) is 9.95. The second-order valence-electron chi connectivity index (χ2n) is 7.37. The zero-order valence-corrected chi connectivity index (χ0v) is 20.1. The van der Waals surface area contributed by atoms with Crippen LogP contribution in [0.5, 0.6) is 11.5 Å². The molecule has 9 nitrogen and oxygen atoms in total. The number of aromatic nitrogens is 4. The van der Waals surface area contributed by atoms with Crippen LogP contribution < -0.4 is 9.46 Å². The Kier molecular flexibility index (Phi) is 6.36. The second kappa shape index (κ2) is 9.91. The van der Waals surface area contributed by atoms with Gasteiger partial charge >= 0.3 is 0 Å². The summed E-state index contributed by atoms with van der Waals surface area (Å²) in [5, 5.41) is 11.6. The lowest BCUT2D eigenvalue weighted by molar-refractivity contribution is 0.480. The summed E-state index contributed by atoms with van der Waals surface area (Å²) < 4.78 is 33.9. The quantitative estimate of drug-likeness (QED) is 0.318. The van der Waals surface area contributed by atoms with E-state index >= 15 is 0 Å². The van der Waals surface area contributed by atoms with Gasteiger partial charge in [-0.3, -0.25) is 9.71 Å². The van der Waals surface area contributed by atoms with Crippen molar-refractivity contribution in [1.29, 1.82) is 5.26 Å². The number of nitriles is 1. The average Bonchev–Trinajstić information content (AvgIpc) is 3.42. The first-order valence-electron chi connectivity index (χ1n) is 10.5. The normalized spacial score (nSPS) is 11.0. The molecule has 0 radical (unpaired) electrons. The Bertz CT molecular complexity index is 1650. The summed E-state index contributed by atoms with van der Waals surface area (Å²) in [5.74, 6) is 0.538. The number of benzene rings is 2. The topological polar surface area (TPSA) is 131 Å². The lowest BCUT2D eigenvalue weighted by Gasteiger charge is -2.14. The highest BCUT2D eigenvalue weighted by Crippen LogP contribution is 2.36. The van der Waals surface area contributed by atoms with E-state index in [0.717, 1.165) is 22.6 Å². The molecule has 3 heterocycles. The van der Waals surface area contributed by atoms with Gasteiger partial charge in [0.2, 0.25) is 0 Å². The number of sulfonamides is 1. The molecule has 5 aromatic rings. The van der Waals surface area contributed by atoms with Crippen LogP contribution in [0.15, 0.2) is 96.0 Å². The Balaban J connectivity index is 1.52. The van der Waals surface area contributed by atoms with Gasteiger partial charge in [-0.25, -0.2) is 23.4 Å². The van der Waals surface area contributed by atoms with E-state index in [4.69, 9.17) is 4.74 Å². The lowest BCUT2D eigenvalue weighted by atomic mass is 10.0. The van der Waals surface area contributed by atoms with E-state index in [-0.39, 0.29) is 21.3 Å². The number of nitrogens with zero attached hydrogens (tertiary/aromatic N) is 5. The zero-order valence-electron chi connectivity index (χ0n) is 18.4. The van der Waals surface area contributed by atoms with E-state index in [2.05, 4.69) is 24.7 Å². The highest BCUT2D eigenvalue weighted by atomic mass is 32.2. The van der Waals surface area contributed by atoms with Crippen molar-refractivity contribution in [3.05, 3.63) is 96.7 Å². The molecule has 0 aliphatic carbocycles. The summed E-state index contributed by atoms with van der Waals surface area (Å²) in [5.41, 5.74) is 3.03. The van der Waals surface area contributed by atoms with E-state index in [0.29, 0.717) is 16.9 Å². The number of pyridine rings is 1. The molecule has 0 aliphatic heterocycles. The van der Waals surface area contributed by atoms with Gasteiger partial charge in [-0.05, 0) is 24.3 Å². The molecule has 36 heavy (non-hydrogen) atoms. The molecular weight excluding hydrogens is 496 g/mol. The molecule has 11 heteroatoms. The van der Waals surface area contributed by atoms with Gasteiger partial charge in [-0.1, -0.05) is 30.3 Å². The van der Waals surface area contributed by atoms with E-state index in [1.807, 2.05) is 42.5 Å². The van der Waals surface area contributed by atoms with Crippen molar-refractivity contribution in [2.75, 3.05) is 4.72 Å². The van der Waals surface area contributed by atoms with Gasteiger partial charge in [0.25, 0.3) is 10.0 Å². The molecular formula is C25H16N6O3S2. The largest absolute Gasteiger partial charge is 0.454 e. The maximum atomic E-state index is 12.7. The van der Waals surface area contributed by atoms with E-state index in [1.54, 1.807) is 24.0 Å². The predicted octanol–water partition coefficient (Wildman–Crippen LogP) is 5.13. The van der Waals surface area contributed by atoms with Crippen molar-refractivity contribution in [2.24, 2.45) is 0 Å². The third kappa shape index (κ3) is 4.90. The third-order valence-electron chi connectivity index (χ3n) is 5.06. The summed E-state index contributed by atoms with van der Waals surface area (Å²) >= 11 is 1.15. The van der Waals surface area contributed by atoms with Gasteiger partial charge < -0.3 is 4.74 Å². The van der Waals surface area contributed by atoms with Crippen LogP contribution in [-0.2, 0) is 10.0 Å². The number of nitrogens with one attached hydrogen (secondary N) is 1. The minimum absolute atomic E-state index is 0.0411. The Labute approximate surface area is 210 Å². The number of thiazole rings is 1. The minimum atomic E-state index is -3.93. The van der Waals surface area contributed by atoms with Crippen molar-refractivity contribution in [3.63, 3.8) is 0 Å². The molecule has 0 fully saturated rings. The van der Waals surface area contributed by atoms with Crippen molar-refractivity contribution < 1.29 is 13.2 Å². The number of hydrogen-bond acceptors (Lipinski definition) is 9. The minimum Gasteiger partial charge on any atom is -0.454 e. The molecule has 2 aromatic carbocycles. The number of hydrogen-bond donors (Lipinski definition) is 1. The molecule has 5 rings (SSSR count). The molecule has 0 saturated carbocycles. The van der Waals surface area contributed by atoms with Crippen molar-refractivity contribution in [2.45, 2.75) is 4.90 Å². The van der Waals surface area contributed by atoms with Gasteiger partial charge in [-0.15, -0.1) is 11.3 Å². The highest BCUT2D eigenvalue weighted by molar-refractivity contribution is 7.93. The summed E-state index contributed by atoms with van der Waals surface area (Å²) in [6.45, 7) is 0. The Hall–Kier alpha value is -4.66. The standard InChI is InChI=1S/C25H16N6O3S2/c26-12-18-10-20(36(32,33)31-25-29-8-9-35-25)6-7-23(18)34-24-15-30-22(17-4-2-1-3-5-17)11-21(24)19-13-27-16-28-14-19/h1-11,13-16H,(H,29,31). The van der Waals surface area contributed by atoms with Crippen LogP contribution in [0.4, 0.5) is 5.13 Å². The molecule has 1 N–H and O–H groups in total. The third-order valence-corrected chi connectivity index (χ3v) is 7.22. The van der Waals surface area contributed by atoms with Crippen LogP contribution in [0.2, 0.25) is 0 Å². The Morgan fingerprint density at radius 1 is 0.917 bits per heavy atom. The van der Waals surface area contributed by atoms with Crippen LogP contribution in [-0.4, -0.2) is 28.4 Å². The molecule has 0 spiro atoms. The van der Waals surface area contributed by atoms with Crippen LogP contribution in [0.1, 0.15) is 5.56 Å². The summed E-state index contributed by atoms with van der Waals surface area (Å²) in [6, 6.07) is 17.6. The maximum absolute atomic E-state index is 12.7.